The quantitative estimate of drug-likeness (QED) is 0.402. The average molecular weight is 376 g/mol. The summed E-state index contributed by atoms with van der Waals surface area (Å²) in [5.74, 6) is -4.26. The van der Waals surface area contributed by atoms with Gasteiger partial charge in [-0.1, -0.05) is 18.2 Å². The molecule has 2 saturated carbocycles. The van der Waals surface area contributed by atoms with Crippen LogP contribution in [0.5, 0.6) is 5.75 Å². The third kappa shape index (κ3) is 4.54. The van der Waals surface area contributed by atoms with Gasteiger partial charge in [-0.2, -0.15) is 0 Å². The summed E-state index contributed by atoms with van der Waals surface area (Å²) in [5, 5.41) is 51.6. The van der Waals surface area contributed by atoms with Crippen molar-refractivity contribution in [3.05, 3.63) is 42.5 Å². The average Bonchev–Trinajstić information content (AvgIpc) is 2.61. The SMILES string of the molecule is C=CCCC1C(O)(O)CC(C2CCC(c3ccc(O)cc3)CC2)CC1(O)O. The van der Waals surface area contributed by atoms with Crippen LogP contribution in [0.2, 0.25) is 0 Å². The van der Waals surface area contributed by atoms with Gasteiger partial charge in [-0.05, 0) is 74.0 Å². The highest BCUT2D eigenvalue weighted by Gasteiger charge is 2.55. The minimum atomic E-state index is -2.07. The zero-order valence-electron chi connectivity index (χ0n) is 15.8. The van der Waals surface area contributed by atoms with E-state index in [0.717, 1.165) is 25.7 Å². The number of allylic oxidation sites excluding steroid dienone is 1. The molecule has 5 N–H and O–H groups in total. The van der Waals surface area contributed by atoms with Crippen LogP contribution in [-0.2, 0) is 0 Å². The van der Waals surface area contributed by atoms with Gasteiger partial charge in [0.2, 0.25) is 0 Å². The molecule has 1 aromatic carbocycles. The van der Waals surface area contributed by atoms with Crippen LogP contribution in [0.4, 0.5) is 0 Å². The Morgan fingerprint density at radius 3 is 1.96 bits per heavy atom. The van der Waals surface area contributed by atoms with Crippen molar-refractivity contribution >= 4 is 0 Å². The van der Waals surface area contributed by atoms with Crippen molar-refractivity contribution in [3.8, 4) is 5.75 Å². The topological polar surface area (TPSA) is 101 Å². The lowest BCUT2D eigenvalue weighted by atomic mass is 9.64. The lowest BCUT2D eigenvalue weighted by Crippen LogP contribution is -2.58. The first kappa shape index (κ1) is 20.3. The van der Waals surface area contributed by atoms with Gasteiger partial charge in [-0.3, -0.25) is 0 Å². The van der Waals surface area contributed by atoms with E-state index in [1.165, 1.54) is 5.56 Å². The maximum atomic E-state index is 10.5. The Balaban J connectivity index is 1.63. The number of benzene rings is 1. The lowest BCUT2D eigenvalue weighted by Gasteiger charge is -2.49. The molecule has 0 bridgehead atoms. The molecule has 150 valence electrons. The molecule has 3 rings (SSSR count). The largest absolute Gasteiger partial charge is 0.508 e. The van der Waals surface area contributed by atoms with Crippen LogP contribution >= 0.6 is 0 Å². The first-order valence-corrected chi connectivity index (χ1v) is 10.0. The molecule has 0 saturated heterocycles. The van der Waals surface area contributed by atoms with Crippen LogP contribution in [0.15, 0.2) is 36.9 Å². The number of rotatable bonds is 5. The molecule has 5 heteroatoms. The Morgan fingerprint density at radius 2 is 1.44 bits per heavy atom. The van der Waals surface area contributed by atoms with E-state index >= 15 is 0 Å². The van der Waals surface area contributed by atoms with E-state index in [-0.39, 0.29) is 30.4 Å². The molecule has 2 fully saturated rings. The van der Waals surface area contributed by atoms with Gasteiger partial charge in [-0.25, -0.2) is 0 Å². The third-order valence-corrected chi connectivity index (χ3v) is 6.70. The molecule has 0 aromatic heterocycles. The van der Waals surface area contributed by atoms with Gasteiger partial charge >= 0.3 is 0 Å². The summed E-state index contributed by atoms with van der Waals surface area (Å²) in [6.07, 6.45) is 6.67. The molecule has 0 unspecified atom stereocenters. The number of phenolic OH excluding ortho intramolecular Hbond substituents is 1. The summed E-state index contributed by atoms with van der Waals surface area (Å²) in [4.78, 5) is 0. The van der Waals surface area contributed by atoms with Crippen LogP contribution in [0.1, 0.15) is 62.8 Å². The van der Waals surface area contributed by atoms with Crippen LogP contribution in [0, 0.1) is 17.8 Å². The number of phenols is 1. The fraction of sp³-hybridized carbons (Fsp3) is 0.636. The normalized spacial score (nSPS) is 32.7. The fourth-order valence-corrected chi connectivity index (χ4v) is 5.25. The second kappa shape index (κ2) is 7.92. The standard InChI is InChI=1S/C22H32O5/c1-2-3-4-20-21(24,25)13-18(14-22(20,26)27)17-7-5-15(6-8-17)16-9-11-19(23)12-10-16/h2,9-12,15,17-18,20,23-27H,1,3-8,13-14H2. The number of hydrogen-bond donors (Lipinski definition) is 5. The first-order valence-electron chi connectivity index (χ1n) is 10.0. The predicted octanol–water partition coefficient (Wildman–Crippen LogP) is 3.02. The monoisotopic (exact) mass is 376 g/mol. The maximum Gasteiger partial charge on any atom is 0.170 e. The van der Waals surface area contributed by atoms with E-state index in [1.807, 2.05) is 12.1 Å². The van der Waals surface area contributed by atoms with E-state index in [2.05, 4.69) is 6.58 Å². The smallest absolute Gasteiger partial charge is 0.170 e. The number of hydrogen-bond acceptors (Lipinski definition) is 5. The molecule has 2 aliphatic carbocycles. The van der Waals surface area contributed by atoms with Crippen molar-refractivity contribution in [3.63, 3.8) is 0 Å². The van der Waals surface area contributed by atoms with E-state index < -0.39 is 17.5 Å². The summed E-state index contributed by atoms with van der Waals surface area (Å²) in [7, 11) is 0. The highest BCUT2D eigenvalue weighted by molar-refractivity contribution is 5.28. The van der Waals surface area contributed by atoms with Crippen LogP contribution in [0.3, 0.4) is 0 Å². The van der Waals surface area contributed by atoms with Gasteiger partial charge in [0.05, 0.1) is 5.92 Å². The zero-order chi connectivity index (χ0) is 19.7. The summed E-state index contributed by atoms with van der Waals surface area (Å²) in [6.45, 7) is 3.63. The first-order chi connectivity index (χ1) is 12.7. The molecule has 2 aliphatic rings. The van der Waals surface area contributed by atoms with Crippen molar-refractivity contribution in [2.24, 2.45) is 17.8 Å². The van der Waals surface area contributed by atoms with Gasteiger partial charge in [-0.15, -0.1) is 6.58 Å². The molecular formula is C22H32O5. The summed E-state index contributed by atoms with van der Waals surface area (Å²) < 4.78 is 0. The molecule has 5 nitrogen and oxygen atoms in total. The van der Waals surface area contributed by atoms with E-state index in [4.69, 9.17) is 0 Å². The summed E-state index contributed by atoms with van der Waals surface area (Å²) in [6, 6.07) is 7.35. The van der Waals surface area contributed by atoms with Crippen molar-refractivity contribution in [1.29, 1.82) is 0 Å². The lowest BCUT2D eigenvalue weighted by molar-refractivity contribution is -0.339. The van der Waals surface area contributed by atoms with Crippen LogP contribution in [-0.4, -0.2) is 37.1 Å². The Kier molecular flexibility index (Phi) is 5.96. The highest BCUT2D eigenvalue weighted by atomic mass is 16.5. The molecule has 0 spiro atoms. The molecule has 27 heavy (non-hydrogen) atoms. The summed E-state index contributed by atoms with van der Waals surface area (Å²) in [5.41, 5.74) is 1.22. The molecule has 1 aromatic rings. The summed E-state index contributed by atoms with van der Waals surface area (Å²) >= 11 is 0. The maximum absolute atomic E-state index is 10.5. The third-order valence-electron chi connectivity index (χ3n) is 6.70. The molecule has 0 heterocycles. The van der Waals surface area contributed by atoms with Crippen LogP contribution in [0.25, 0.3) is 0 Å². The van der Waals surface area contributed by atoms with Crippen LogP contribution < -0.4 is 0 Å². The molecular weight excluding hydrogens is 344 g/mol. The Morgan fingerprint density at radius 1 is 0.889 bits per heavy atom. The van der Waals surface area contributed by atoms with Crippen molar-refractivity contribution in [2.75, 3.05) is 0 Å². The van der Waals surface area contributed by atoms with Crippen molar-refractivity contribution < 1.29 is 25.5 Å². The Labute approximate surface area is 161 Å². The molecule has 0 amide bonds. The number of aliphatic hydroxyl groups is 4. The van der Waals surface area contributed by atoms with Gasteiger partial charge in [0, 0.05) is 12.8 Å². The van der Waals surface area contributed by atoms with Crippen molar-refractivity contribution in [1.82, 2.24) is 0 Å². The number of aromatic hydroxyl groups is 1. The van der Waals surface area contributed by atoms with E-state index in [1.54, 1.807) is 18.2 Å². The highest BCUT2D eigenvalue weighted by Crippen LogP contribution is 2.49. The molecule has 0 aliphatic heterocycles. The minimum Gasteiger partial charge on any atom is -0.508 e. The van der Waals surface area contributed by atoms with Gasteiger partial charge < -0.3 is 25.5 Å². The second-order valence-corrected chi connectivity index (χ2v) is 8.55. The fourth-order valence-electron chi connectivity index (χ4n) is 5.25. The predicted molar refractivity (Wildman–Crippen MR) is 103 cm³/mol. The van der Waals surface area contributed by atoms with Gasteiger partial charge in [0.25, 0.3) is 0 Å². The van der Waals surface area contributed by atoms with E-state index in [9.17, 15) is 25.5 Å². The Hall–Kier alpha value is -1.40. The minimum absolute atomic E-state index is 0.115. The van der Waals surface area contributed by atoms with E-state index in [0.29, 0.717) is 18.8 Å². The molecule has 0 radical (unpaired) electrons. The van der Waals surface area contributed by atoms with Gasteiger partial charge in [0.15, 0.2) is 11.6 Å². The van der Waals surface area contributed by atoms with Gasteiger partial charge in [0.1, 0.15) is 5.75 Å². The molecule has 0 atom stereocenters. The zero-order valence-corrected chi connectivity index (χ0v) is 15.8. The Bertz CT molecular complexity index is 611. The second-order valence-electron chi connectivity index (χ2n) is 8.55. The van der Waals surface area contributed by atoms with Crippen molar-refractivity contribution in [2.45, 2.75) is 68.9 Å².